The Bertz CT molecular complexity index is 421. The second-order valence-electron chi connectivity index (χ2n) is 3.55. The lowest BCUT2D eigenvalue weighted by Gasteiger charge is -2.12. The van der Waals surface area contributed by atoms with E-state index < -0.39 is 6.09 Å². The van der Waals surface area contributed by atoms with Gasteiger partial charge in [-0.1, -0.05) is 0 Å². The van der Waals surface area contributed by atoms with Crippen LogP contribution in [0.3, 0.4) is 0 Å². The van der Waals surface area contributed by atoms with Crippen LogP contribution in [0.15, 0.2) is 21.1 Å². The van der Waals surface area contributed by atoms with Crippen molar-refractivity contribution in [1.29, 1.82) is 0 Å². The molecule has 0 saturated heterocycles. The number of anilines is 1. The van der Waals surface area contributed by atoms with Crippen molar-refractivity contribution in [3.8, 4) is 5.75 Å². The molecule has 1 N–H and O–H groups in total. The van der Waals surface area contributed by atoms with Gasteiger partial charge >= 0.3 is 6.09 Å². The van der Waals surface area contributed by atoms with Crippen molar-refractivity contribution in [2.75, 3.05) is 12.4 Å². The summed E-state index contributed by atoms with van der Waals surface area (Å²) in [6.07, 6.45) is -0.656. The summed E-state index contributed by atoms with van der Waals surface area (Å²) in [5, 5.41) is 2.63. The molecule has 0 saturated carbocycles. The Hall–Kier alpha value is -0.750. The monoisotopic (exact) mass is 365 g/mol. The number of carbonyl (C=O) groups is 1. The van der Waals surface area contributed by atoms with Crippen LogP contribution in [0.4, 0.5) is 10.5 Å². The molecule has 0 fully saturated rings. The number of hydrogen-bond donors (Lipinski definition) is 1. The van der Waals surface area contributed by atoms with E-state index in [1.165, 1.54) is 0 Å². The summed E-state index contributed by atoms with van der Waals surface area (Å²) >= 11 is 6.70. The summed E-state index contributed by atoms with van der Waals surface area (Å²) in [4.78, 5) is 11.5. The molecule has 0 aliphatic carbocycles. The maximum atomic E-state index is 11.5. The number of benzene rings is 1. The highest BCUT2D eigenvalue weighted by Crippen LogP contribution is 2.34. The zero-order valence-electron chi connectivity index (χ0n) is 9.71. The minimum absolute atomic E-state index is 0.161. The van der Waals surface area contributed by atoms with Crippen LogP contribution in [0.25, 0.3) is 0 Å². The van der Waals surface area contributed by atoms with Gasteiger partial charge in [-0.15, -0.1) is 0 Å². The normalized spacial score (nSPS) is 10.2. The van der Waals surface area contributed by atoms with Crippen LogP contribution in [0.1, 0.15) is 13.8 Å². The van der Waals surface area contributed by atoms with Gasteiger partial charge in [0.15, 0.2) is 0 Å². The van der Waals surface area contributed by atoms with E-state index in [1.807, 2.05) is 0 Å². The lowest BCUT2D eigenvalue weighted by molar-refractivity contribution is 0.130. The van der Waals surface area contributed by atoms with Gasteiger partial charge in [-0.2, -0.15) is 0 Å². The molecule has 0 aromatic heterocycles. The first-order valence-electron chi connectivity index (χ1n) is 4.94. The summed E-state index contributed by atoms with van der Waals surface area (Å²) in [5.74, 6) is 0.632. The zero-order valence-corrected chi connectivity index (χ0v) is 12.9. The quantitative estimate of drug-likeness (QED) is 0.872. The highest BCUT2D eigenvalue weighted by atomic mass is 79.9. The molecule has 0 unspecified atom stereocenters. The van der Waals surface area contributed by atoms with E-state index in [9.17, 15) is 4.79 Å². The van der Waals surface area contributed by atoms with Crippen molar-refractivity contribution in [2.24, 2.45) is 0 Å². The Morgan fingerprint density at radius 1 is 1.29 bits per heavy atom. The lowest BCUT2D eigenvalue weighted by atomic mass is 10.3. The van der Waals surface area contributed by atoms with Gasteiger partial charge in [-0.25, -0.2) is 4.79 Å². The van der Waals surface area contributed by atoms with Crippen LogP contribution >= 0.6 is 31.9 Å². The third-order valence-electron chi connectivity index (χ3n) is 1.82. The molecule has 0 radical (unpaired) electrons. The van der Waals surface area contributed by atoms with Crippen molar-refractivity contribution < 1.29 is 14.3 Å². The SMILES string of the molecule is COc1cc(NC(=O)OC(C)C)c(Br)cc1Br. The summed E-state index contributed by atoms with van der Waals surface area (Å²) < 4.78 is 11.7. The molecule has 0 aliphatic rings. The van der Waals surface area contributed by atoms with E-state index in [2.05, 4.69) is 37.2 Å². The first-order chi connectivity index (χ1) is 7.93. The Morgan fingerprint density at radius 3 is 2.47 bits per heavy atom. The largest absolute Gasteiger partial charge is 0.495 e. The number of nitrogens with one attached hydrogen (secondary N) is 1. The van der Waals surface area contributed by atoms with E-state index in [4.69, 9.17) is 9.47 Å². The van der Waals surface area contributed by atoms with Gasteiger partial charge in [-0.3, -0.25) is 5.32 Å². The molecule has 0 spiro atoms. The predicted molar refractivity (Wildman–Crippen MR) is 73.6 cm³/mol. The van der Waals surface area contributed by atoms with Crippen LogP contribution in [-0.4, -0.2) is 19.3 Å². The summed E-state index contributed by atoms with van der Waals surface area (Å²) in [6.45, 7) is 3.58. The first-order valence-corrected chi connectivity index (χ1v) is 6.53. The number of ether oxygens (including phenoxy) is 2. The molecule has 0 heterocycles. The van der Waals surface area contributed by atoms with E-state index in [1.54, 1.807) is 33.1 Å². The fourth-order valence-corrected chi connectivity index (χ4v) is 2.39. The van der Waals surface area contributed by atoms with E-state index in [0.29, 0.717) is 11.4 Å². The first kappa shape index (κ1) is 14.3. The molecule has 4 nitrogen and oxygen atoms in total. The van der Waals surface area contributed by atoms with Gasteiger partial charge in [0.05, 0.1) is 23.4 Å². The van der Waals surface area contributed by atoms with Crippen LogP contribution < -0.4 is 10.1 Å². The fraction of sp³-hybridized carbons (Fsp3) is 0.364. The summed E-state index contributed by atoms with van der Waals surface area (Å²) in [7, 11) is 1.56. The molecule has 0 atom stereocenters. The van der Waals surface area contributed by atoms with Crippen molar-refractivity contribution in [1.82, 2.24) is 0 Å². The lowest BCUT2D eigenvalue weighted by Crippen LogP contribution is -2.18. The van der Waals surface area contributed by atoms with Crippen LogP contribution in [0.2, 0.25) is 0 Å². The van der Waals surface area contributed by atoms with E-state index in [-0.39, 0.29) is 6.10 Å². The fourth-order valence-electron chi connectivity index (χ4n) is 1.13. The number of halogens is 2. The van der Waals surface area contributed by atoms with Gasteiger partial charge < -0.3 is 9.47 Å². The van der Waals surface area contributed by atoms with Gasteiger partial charge in [0.25, 0.3) is 0 Å². The minimum Gasteiger partial charge on any atom is -0.495 e. The van der Waals surface area contributed by atoms with Crippen LogP contribution in [-0.2, 0) is 4.74 Å². The van der Waals surface area contributed by atoms with Crippen molar-refractivity contribution in [3.63, 3.8) is 0 Å². The average molecular weight is 367 g/mol. The highest BCUT2D eigenvalue weighted by molar-refractivity contribution is 9.11. The van der Waals surface area contributed by atoms with Crippen LogP contribution in [0.5, 0.6) is 5.75 Å². The van der Waals surface area contributed by atoms with Crippen molar-refractivity contribution >= 4 is 43.6 Å². The summed E-state index contributed by atoms with van der Waals surface area (Å²) in [6, 6.07) is 3.50. The minimum atomic E-state index is -0.495. The van der Waals surface area contributed by atoms with Gasteiger partial charge in [0.1, 0.15) is 5.75 Å². The van der Waals surface area contributed by atoms with Crippen molar-refractivity contribution in [3.05, 3.63) is 21.1 Å². The van der Waals surface area contributed by atoms with Gasteiger partial charge in [0.2, 0.25) is 0 Å². The molecule has 1 aromatic rings. The molecule has 94 valence electrons. The van der Waals surface area contributed by atoms with Crippen LogP contribution in [0, 0.1) is 0 Å². The Balaban J connectivity index is 2.87. The molecular formula is C11H13Br2NO3. The number of rotatable bonds is 3. The molecule has 0 bridgehead atoms. The standard InChI is InChI=1S/C11H13Br2NO3/c1-6(2)17-11(15)14-9-5-10(16-3)8(13)4-7(9)12/h4-6H,1-3H3,(H,14,15). The summed E-state index contributed by atoms with van der Waals surface area (Å²) in [5.41, 5.74) is 0.593. The van der Waals surface area contributed by atoms with E-state index in [0.717, 1.165) is 8.95 Å². The molecule has 1 amide bonds. The number of amides is 1. The Morgan fingerprint density at radius 2 is 1.94 bits per heavy atom. The maximum absolute atomic E-state index is 11.5. The second kappa shape index (κ2) is 6.26. The molecule has 17 heavy (non-hydrogen) atoms. The Labute approximate surface area is 117 Å². The molecule has 6 heteroatoms. The topological polar surface area (TPSA) is 47.6 Å². The highest BCUT2D eigenvalue weighted by Gasteiger charge is 2.11. The molecule has 0 aliphatic heterocycles. The predicted octanol–water partition coefficient (Wildman–Crippen LogP) is 4.18. The van der Waals surface area contributed by atoms with Gasteiger partial charge in [-0.05, 0) is 51.8 Å². The van der Waals surface area contributed by atoms with Crippen molar-refractivity contribution in [2.45, 2.75) is 20.0 Å². The number of carbonyl (C=O) groups excluding carboxylic acids is 1. The third kappa shape index (κ3) is 4.20. The third-order valence-corrected chi connectivity index (χ3v) is 3.10. The number of hydrogen-bond acceptors (Lipinski definition) is 3. The zero-order chi connectivity index (χ0) is 13.0. The maximum Gasteiger partial charge on any atom is 0.411 e. The molecular weight excluding hydrogens is 354 g/mol. The van der Waals surface area contributed by atoms with Gasteiger partial charge in [0, 0.05) is 10.5 Å². The molecule has 1 rings (SSSR count). The average Bonchev–Trinajstić information content (AvgIpc) is 2.20. The second-order valence-corrected chi connectivity index (χ2v) is 5.25. The Kier molecular flexibility index (Phi) is 5.27. The number of methoxy groups -OCH3 is 1. The molecule has 1 aromatic carbocycles. The smallest absolute Gasteiger partial charge is 0.411 e. The van der Waals surface area contributed by atoms with E-state index >= 15 is 0 Å².